The minimum atomic E-state index is -0.175. The van der Waals surface area contributed by atoms with E-state index in [9.17, 15) is 4.79 Å². The Morgan fingerprint density at radius 3 is 2.82 bits per heavy atom. The highest BCUT2D eigenvalue weighted by Gasteiger charge is 2.38. The molecule has 4 heterocycles. The predicted molar refractivity (Wildman–Crippen MR) is 60.5 cm³/mol. The standard InChI is InChI=1S/C11H16N4O2/c1-7(16)12-11-13-10(17-14-11)9-6-15-4-2-8(9)3-5-15/h8-9H,2-6H2,1H3,(H,12,14,16). The monoisotopic (exact) mass is 236 g/mol. The maximum absolute atomic E-state index is 10.9. The maximum Gasteiger partial charge on any atom is 0.270 e. The molecule has 2 bridgehead atoms. The van der Waals surface area contributed by atoms with E-state index in [2.05, 4.69) is 20.4 Å². The second-order valence-electron chi connectivity index (χ2n) is 4.88. The molecule has 3 aliphatic rings. The van der Waals surface area contributed by atoms with Crippen molar-refractivity contribution in [3.8, 4) is 0 Å². The smallest absolute Gasteiger partial charge is 0.270 e. The normalized spacial score (nSPS) is 31.5. The van der Waals surface area contributed by atoms with Crippen LogP contribution in [0.5, 0.6) is 0 Å². The zero-order valence-corrected chi connectivity index (χ0v) is 9.85. The molecule has 3 aliphatic heterocycles. The second kappa shape index (κ2) is 4.10. The second-order valence-corrected chi connectivity index (χ2v) is 4.88. The molecule has 1 aromatic heterocycles. The summed E-state index contributed by atoms with van der Waals surface area (Å²) in [6.45, 7) is 4.82. The van der Waals surface area contributed by atoms with Crippen molar-refractivity contribution in [3.63, 3.8) is 0 Å². The molecule has 0 radical (unpaired) electrons. The van der Waals surface area contributed by atoms with Gasteiger partial charge in [0, 0.05) is 13.5 Å². The highest BCUT2D eigenvalue weighted by molar-refractivity contribution is 5.86. The van der Waals surface area contributed by atoms with E-state index >= 15 is 0 Å². The molecule has 3 fully saturated rings. The third-order valence-electron chi connectivity index (χ3n) is 3.70. The quantitative estimate of drug-likeness (QED) is 0.823. The van der Waals surface area contributed by atoms with Crippen molar-refractivity contribution >= 4 is 11.9 Å². The zero-order valence-electron chi connectivity index (χ0n) is 9.85. The lowest BCUT2D eigenvalue weighted by Gasteiger charge is -2.43. The van der Waals surface area contributed by atoms with Gasteiger partial charge in [-0.1, -0.05) is 0 Å². The summed E-state index contributed by atoms with van der Waals surface area (Å²) in [5, 5.41) is 6.32. The first-order valence-corrected chi connectivity index (χ1v) is 6.06. The Bertz CT molecular complexity index is 423. The summed E-state index contributed by atoms with van der Waals surface area (Å²) >= 11 is 0. The fraction of sp³-hybridized carbons (Fsp3) is 0.727. The van der Waals surface area contributed by atoms with E-state index in [-0.39, 0.29) is 11.9 Å². The Balaban J connectivity index is 1.75. The molecule has 17 heavy (non-hydrogen) atoms. The molecular formula is C11H16N4O2. The van der Waals surface area contributed by atoms with E-state index in [0.717, 1.165) is 6.54 Å². The summed E-state index contributed by atoms with van der Waals surface area (Å²) < 4.78 is 5.26. The molecule has 0 spiro atoms. The number of aromatic nitrogens is 2. The molecule has 0 aliphatic carbocycles. The number of nitrogens with one attached hydrogen (secondary N) is 1. The molecule has 1 N–H and O–H groups in total. The van der Waals surface area contributed by atoms with Gasteiger partial charge in [-0.25, -0.2) is 0 Å². The van der Waals surface area contributed by atoms with Gasteiger partial charge in [-0.3, -0.25) is 10.1 Å². The predicted octanol–water partition coefficient (Wildman–Crippen LogP) is 0.837. The minimum Gasteiger partial charge on any atom is -0.337 e. The lowest BCUT2D eigenvalue weighted by atomic mass is 9.79. The number of piperidine rings is 3. The van der Waals surface area contributed by atoms with Crippen molar-refractivity contribution in [2.75, 3.05) is 25.0 Å². The van der Waals surface area contributed by atoms with E-state index in [1.165, 1.54) is 32.9 Å². The van der Waals surface area contributed by atoms with Crippen molar-refractivity contribution in [1.29, 1.82) is 0 Å². The van der Waals surface area contributed by atoms with Gasteiger partial charge in [0.25, 0.3) is 5.95 Å². The van der Waals surface area contributed by atoms with Crippen LogP contribution in [0.15, 0.2) is 4.52 Å². The van der Waals surface area contributed by atoms with Crippen LogP contribution in [0.1, 0.15) is 31.6 Å². The summed E-state index contributed by atoms with van der Waals surface area (Å²) in [6, 6.07) is 0. The number of fused-ring (bicyclic) bond motifs is 3. The average Bonchev–Trinajstić information content (AvgIpc) is 2.78. The average molecular weight is 236 g/mol. The van der Waals surface area contributed by atoms with Crippen LogP contribution in [0.3, 0.4) is 0 Å². The van der Waals surface area contributed by atoms with E-state index in [4.69, 9.17) is 4.52 Å². The molecule has 1 aromatic rings. The Morgan fingerprint density at radius 1 is 1.47 bits per heavy atom. The molecule has 4 rings (SSSR count). The largest absolute Gasteiger partial charge is 0.337 e. The summed E-state index contributed by atoms with van der Waals surface area (Å²) in [6.07, 6.45) is 2.42. The Kier molecular flexibility index (Phi) is 2.58. The van der Waals surface area contributed by atoms with Gasteiger partial charge in [0.1, 0.15) is 0 Å². The van der Waals surface area contributed by atoms with Gasteiger partial charge in [-0.2, -0.15) is 4.98 Å². The highest BCUT2D eigenvalue weighted by Crippen LogP contribution is 2.38. The summed E-state index contributed by atoms with van der Waals surface area (Å²) in [4.78, 5) is 17.6. The lowest BCUT2D eigenvalue weighted by Crippen LogP contribution is -2.46. The van der Waals surface area contributed by atoms with Gasteiger partial charge >= 0.3 is 0 Å². The Labute approximate surface area is 99.4 Å². The zero-order chi connectivity index (χ0) is 11.8. The van der Waals surface area contributed by atoms with E-state index in [1.54, 1.807) is 0 Å². The Morgan fingerprint density at radius 2 is 2.24 bits per heavy atom. The van der Waals surface area contributed by atoms with Gasteiger partial charge in [-0.15, -0.1) is 0 Å². The summed E-state index contributed by atoms with van der Waals surface area (Å²) in [5.74, 6) is 1.77. The number of anilines is 1. The van der Waals surface area contributed by atoms with Gasteiger partial charge in [0.05, 0.1) is 5.92 Å². The van der Waals surface area contributed by atoms with Crippen LogP contribution in [-0.4, -0.2) is 40.6 Å². The molecule has 92 valence electrons. The first-order chi connectivity index (χ1) is 8.22. The van der Waals surface area contributed by atoms with Crippen molar-refractivity contribution in [3.05, 3.63) is 5.89 Å². The maximum atomic E-state index is 10.9. The SMILES string of the molecule is CC(=O)Nc1noc(C2CN3CCC2CC3)n1. The van der Waals surface area contributed by atoms with Crippen LogP contribution >= 0.6 is 0 Å². The number of hydrogen-bond acceptors (Lipinski definition) is 5. The highest BCUT2D eigenvalue weighted by atomic mass is 16.5. The van der Waals surface area contributed by atoms with E-state index in [0.29, 0.717) is 17.7 Å². The molecular weight excluding hydrogens is 220 g/mol. The van der Waals surface area contributed by atoms with Crippen molar-refractivity contribution in [2.45, 2.75) is 25.7 Å². The number of nitrogens with zero attached hydrogens (tertiary/aromatic N) is 3. The molecule has 1 amide bonds. The molecule has 0 aromatic carbocycles. The molecule has 6 nitrogen and oxygen atoms in total. The van der Waals surface area contributed by atoms with E-state index in [1.807, 2.05) is 0 Å². The number of hydrogen-bond donors (Lipinski definition) is 1. The molecule has 0 saturated carbocycles. The van der Waals surface area contributed by atoms with Crippen LogP contribution < -0.4 is 5.32 Å². The lowest BCUT2D eigenvalue weighted by molar-refractivity contribution is -0.114. The number of amides is 1. The van der Waals surface area contributed by atoms with Gasteiger partial charge in [0.15, 0.2) is 0 Å². The van der Waals surface area contributed by atoms with Crippen LogP contribution in [0, 0.1) is 5.92 Å². The topological polar surface area (TPSA) is 71.3 Å². The first-order valence-electron chi connectivity index (χ1n) is 6.06. The molecule has 1 unspecified atom stereocenters. The number of carbonyl (C=O) groups excluding carboxylic acids is 1. The third-order valence-corrected chi connectivity index (χ3v) is 3.70. The van der Waals surface area contributed by atoms with Crippen LogP contribution in [0.25, 0.3) is 0 Å². The van der Waals surface area contributed by atoms with Crippen LogP contribution in [0.4, 0.5) is 5.95 Å². The van der Waals surface area contributed by atoms with Gasteiger partial charge in [0.2, 0.25) is 11.8 Å². The first kappa shape index (κ1) is 10.7. The van der Waals surface area contributed by atoms with Crippen LogP contribution in [0.2, 0.25) is 0 Å². The summed E-state index contributed by atoms with van der Waals surface area (Å²) in [7, 11) is 0. The van der Waals surface area contributed by atoms with Crippen molar-refractivity contribution in [1.82, 2.24) is 15.0 Å². The summed E-state index contributed by atoms with van der Waals surface area (Å²) in [5.41, 5.74) is 0. The number of rotatable bonds is 2. The van der Waals surface area contributed by atoms with E-state index < -0.39 is 0 Å². The van der Waals surface area contributed by atoms with Gasteiger partial charge in [-0.05, 0) is 37.0 Å². The third kappa shape index (κ3) is 2.04. The Hall–Kier alpha value is -1.43. The van der Waals surface area contributed by atoms with Gasteiger partial charge < -0.3 is 9.42 Å². The van der Waals surface area contributed by atoms with Crippen LogP contribution in [-0.2, 0) is 4.79 Å². The fourth-order valence-electron chi connectivity index (χ4n) is 2.84. The molecule has 6 heteroatoms. The minimum absolute atomic E-state index is 0.175. The molecule has 1 atom stereocenters. The van der Waals surface area contributed by atoms with Crippen molar-refractivity contribution < 1.29 is 9.32 Å². The fourth-order valence-corrected chi connectivity index (χ4v) is 2.84. The van der Waals surface area contributed by atoms with Crippen molar-refractivity contribution in [2.24, 2.45) is 5.92 Å². The number of carbonyl (C=O) groups is 1. The molecule has 3 saturated heterocycles.